The first-order valence-electron chi connectivity index (χ1n) is 10.9. The van der Waals surface area contributed by atoms with Gasteiger partial charge in [-0.1, -0.05) is 37.3 Å². The highest BCUT2D eigenvalue weighted by atomic mass is 16.5. The van der Waals surface area contributed by atoms with Gasteiger partial charge >= 0.3 is 0 Å². The van der Waals surface area contributed by atoms with Gasteiger partial charge in [0.2, 0.25) is 0 Å². The Bertz CT molecular complexity index is 914. The summed E-state index contributed by atoms with van der Waals surface area (Å²) >= 11 is 0. The number of rotatable bonds is 7. The molecular formula is C25H32N2O4. The summed E-state index contributed by atoms with van der Waals surface area (Å²) in [5.74, 6) is 0.483. The Kier molecular flexibility index (Phi) is 7.69. The fourth-order valence-electron chi connectivity index (χ4n) is 3.88. The molecule has 31 heavy (non-hydrogen) atoms. The lowest BCUT2D eigenvalue weighted by Crippen LogP contribution is -2.52. The van der Waals surface area contributed by atoms with E-state index in [1.807, 2.05) is 60.0 Å². The molecule has 0 aliphatic carbocycles. The minimum Gasteiger partial charge on any atom is -0.496 e. The number of morpholine rings is 1. The van der Waals surface area contributed by atoms with Gasteiger partial charge in [-0.15, -0.1) is 0 Å². The summed E-state index contributed by atoms with van der Waals surface area (Å²) in [6.07, 6.45) is 0.578. The largest absolute Gasteiger partial charge is 0.496 e. The van der Waals surface area contributed by atoms with Gasteiger partial charge in [-0.25, -0.2) is 0 Å². The Balaban J connectivity index is 1.76. The number of benzene rings is 2. The SMILES string of the molecule is CCC(C)N(CC1CN(C(=O)c2ccccc2C)CCO1)C(=O)c1ccccc1OC. The molecule has 0 bridgehead atoms. The zero-order valence-corrected chi connectivity index (χ0v) is 18.8. The molecule has 1 aliphatic rings. The Morgan fingerprint density at radius 1 is 1.16 bits per heavy atom. The van der Waals surface area contributed by atoms with Crippen LogP contribution in [0.1, 0.15) is 46.5 Å². The summed E-state index contributed by atoms with van der Waals surface area (Å²) < 4.78 is 11.4. The number of nitrogens with zero attached hydrogens (tertiary/aromatic N) is 2. The maximum Gasteiger partial charge on any atom is 0.257 e. The molecule has 0 aromatic heterocycles. The summed E-state index contributed by atoms with van der Waals surface area (Å²) in [4.78, 5) is 30.1. The van der Waals surface area contributed by atoms with Crippen molar-refractivity contribution in [1.29, 1.82) is 0 Å². The molecule has 1 fully saturated rings. The van der Waals surface area contributed by atoms with E-state index < -0.39 is 0 Å². The molecule has 166 valence electrons. The second-order valence-electron chi connectivity index (χ2n) is 7.97. The molecule has 2 amide bonds. The molecule has 0 radical (unpaired) electrons. The zero-order chi connectivity index (χ0) is 22.4. The first-order chi connectivity index (χ1) is 15.0. The number of para-hydroxylation sites is 1. The van der Waals surface area contributed by atoms with Crippen LogP contribution in [0.3, 0.4) is 0 Å². The molecule has 0 spiro atoms. The lowest BCUT2D eigenvalue weighted by molar-refractivity contribution is -0.0368. The number of carbonyl (C=O) groups is 2. The van der Waals surface area contributed by atoms with Crippen LogP contribution in [-0.2, 0) is 4.74 Å². The standard InChI is InChI=1S/C25H32N2O4/c1-5-19(3)27(25(29)22-12-8-9-13-23(22)30-4)17-20-16-26(14-15-31-20)24(28)21-11-7-6-10-18(21)2/h6-13,19-20H,5,14-17H2,1-4H3. The summed E-state index contributed by atoms with van der Waals surface area (Å²) in [7, 11) is 1.57. The smallest absolute Gasteiger partial charge is 0.257 e. The van der Waals surface area contributed by atoms with Gasteiger partial charge in [0.1, 0.15) is 5.75 Å². The van der Waals surface area contributed by atoms with E-state index in [1.165, 1.54) is 0 Å². The molecule has 2 aromatic rings. The summed E-state index contributed by atoms with van der Waals surface area (Å²) in [5.41, 5.74) is 2.21. The fourth-order valence-corrected chi connectivity index (χ4v) is 3.88. The van der Waals surface area contributed by atoms with Crippen LogP contribution in [0.25, 0.3) is 0 Å². The predicted molar refractivity (Wildman–Crippen MR) is 121 cm³/mol. The Labute approximate surface area is 184 Å². The number of ether oxygens (including phenoxy) is 2. The van der Waals surface area contributed by atoms with Crippen molar-refractivity contribution >= 4 is 11.8 Å². The summed E-state index contributed by atoms with van der Waals surface area (Å²) in [6, 6.07) is 14.9. The van der Waals surface area contributed by atoms with Crippen LogP contribution in [0, 0.1) is 6.92 Å². The quantitative estimate of drug-likeness (QED) is 0.679. The molecule has 1 saturated heterocycles. The number of amides is 2. The van der Waals surface area contributed by atoms with Gasteiger partial charge in [-0.2, -0.15) is 0 Å². The van der Waals surface area contributed by atoms with Gasteiger partial charge in [0.15, 0.2) is 0 Å². The highest BCUT2D eigenvalue weighted by molar-refractivity contribution is 5.97. The number of hydrogen-bond donors (Lipinski definition) is 0. The Morgan fingerprint density at radius 3 is 2.52 bits per heavy atom. The molecule has 0 N–H and O–H groups in total. The van der Waals surface area contributed by atoms with Crippen LogP contribution >= 0.6 is 0 Å². The Morgan fingerprint density at radius 2 is 1.84 bits per heavy atom. The lowest BCUT2D eigenvalue weighted by Gasteiger charge is -2.38. The van der Waals surface area contributed by atoms with Crippen molar-refractivity contribution in [3.8, 4) is 5.75 Å². The highest BCUT2D eigenvalue weighted by Gasteiger charge is 2.31. The fraction of sp³-hybridized carbons (Fsp3) is 0.440. The summed E-state index contributed by atoms with van der Waals surface area (Å²) in [6.45, 7) is 7.92. The van der Waals surface area contributed by atoms with E-state index in [2.05, 4.69) is 6.92 Å². The second kappa shape index (κ2) is 10.4. The van der Waals surface area contributed by atoms with Gasteiger partial charge < -0.3 is 19.3 Å². The molecule has 2 atom stereocenters. The number of carbonyl (C=O) groups excluding carboxylic acids is 2. The van der Waals surface area contributed by atoms with Crippen LogP contribution in [0.4, 0.5) is 0 Å². The molecular weight excluding hydrogens is 392 g/mol. The van der Waals surface area contributed by atoms with Crippen LogP contribution in [0.5, 0.6) is 5.75 Å². The van der Waals surface area contributed by atoms with Gasteiger partial charge in [0.05, 0.1) is 25.4 Å². The van der Waals surface area contributed by atoms with Gasteiger partial charge in [0, 0.05) is 31.2 Å². The maximum absolute atomic E-state index is 13.4. The second-order valence-corrected chi connectivity index (χ2v) is 7.97. The van der Waals surface area contributed by atoms with Crippen molar-refractivity contribution < 1.29 is 19.1 Å². The van der Waals surface area contributed by atoms with Crippen LogP contribution < -0.4 is 4.74 Å². The number of methoxy groups -OCH3 is 1. The van der Waals surface area contributed by atoms with Gasteiger partial charge in [-0.3, -0.25) is 9.59 Å². The minimum atomic E-state index is -0.241. The number of aryl methyl sites for hydroxylation is 1. The average Bonchev–Trinajstić information content (AvgIpc) is 2.81. The van der Waals surface area contributed by atoms with Crippen molar-refractivity contribution in [3.05, 3.63) is 65.2 Å². The van der Waals surface area contributed by atoms with E-state index in [9.17, 15) is 9.59 Å². The molecule has 0 saturated carbocycles. The van der Waals surface area contributed by atoms with Crippen LogP contribution in [-0.4, -0.2) is 67.1 Å². The van der Waals surface area contributed by atoms with Crippen molar-refractivity contribution in [2.75, 3.05) is 33.4 Å². The predicted octanol–water partition coefficient (Wildman–Crippen LogP) is 3.79. The number of hydrogen-bond acceptors (Lipinski definition) is 4. The van der Waals surface area contributed by atoms with E-state index in [-0.39, 0.29) is 24.0 Å². The van der Waals surface area contributed by atoms with E-state index in [0.29, 0.717) is 43.1 Å². The van der Waals surface area contributed by atoms with Crippen LogP contribution in [0.15, 0.2) is 48.5 Å². The summed E-state index contributed by atoms with van der Waals surface area (Å²) in [5, 5.41) is 0. The monoisotopic (exact) mass is 424 g/mol. The van der Waals surface area contributed by atoms with Gasteiger partial charge in [-0.05, 0) is 44.0 Å². The molecule has 6 heteroatoms. The topological polar surface area (TPSA) is 59.1 Å². The van der Waals surface area contributed by atoms with Crippen molar-refractivity contribution in [1.82, 2.24) is 9.80 Å². The zero-order valence-electron chi connectivity index (χ0n) is 18.8. The molecule has 2 unspecified atom stereocenters. The molecule has 6 nitrogen and oxygen atoms in total. The average molecular weight is 425 g/mol. The van der Waals surface area contributed by atoms with Gasteiger partial charge in [0.25, 0.3) is 11.8 Å². The maximum atomic E-state index is 13.4. The van der Waals surface area contributed by atoms with Crippen molar-refractivity contribution in [2.45, 2.75) is 39.3 Å². The first-order valence-corrected chi connectivity index (χ1v) is 10.9. The third kappa shape index (κ3) is 5.25. The molecule has 3 rings (SSSR count). The van der Waals surface area contributed by atoms with Crippen LogP contribution in [0.2, 0.25) is 0 Å². The first kappa shape index (κ1) is 22.8. The van der Waals surface area contributed by atoms with E-state index >= 15 is 0 Å². The van der Waals surface area contributed by atoms with Crippen molar-refractivity contribution in [2.24, 2.45) is 0 Å². The minimum absolute atomic E-state index is 0.0116. The van der Waals surface area contributed by atoms with Crippen molar-refractivity contribution in [3.63, 3.8) is 0 Å². The highest BCUT2D eigenvalue weighted by Crippen LogP contribution is 2.22. The third-order valence-corrected chi connectivity index (χ3v) is 5.92. The Hall–Kier alpha value is -2.86. The van der Waals surface area contributed by atoms with E-state index in [1.54, 1.807) is 19.2 Å². The molecule has 1 aliphatic heterocycles. The van der Waals surface area contributed by atoms with E-state index in [4.69, 9.17) is 9.47 Å². The third-order valence-electron chi connectivity index (χ3n) is 5.92. The van der Waals surface area contributed by atoms with E-state index in [0.717, 1.165) is 12.0 Å². The molecule has 1 heterocycles. The lowest BCUT2D eigenvalue weighted by atomic mass is 10.1. The normalized spacial score (nSPS) is 17.2. The molecule has 2 aromatic carbocycles.